The number of amides is 1. The number of hydrogen-bond donors (Lipinski definition) is 2. The molecule has 1 atom stereocenters. The molecule has 0 aliphatic heterocycles. The molecule has 0 radical (unpaired) electrons. The second kappa shape index (κ2) is 8.16. The molecule has 0 saturated carbocycles. The van der Waals surface area contributed by atoms with Crippen molar-refractivity contribution in [2.75, 3.05) is 19.3 Å². The summed E-state index contributed by atoms with van der Waals surface area (Å²) in [7, 11) is 1.95. The third-order valence-electron chi connectivity index (χ3n) is 2.73. The number of benzene rings is 1. The van der Waals surface area contributed by atoms with Crippen LogP contribution in [0, 0.1) is 0 Å². The van der Waals surface area contributed by atoms with Crippen LogP contribution in [0.1, 0.15) is 31.9 Å². The number of thioether (sulfide) groups is 1. The van der Waals surface area contributed by atoms with Crippen LogP contribution in [0.4, 0.5) is 0 Å². The van der Waals surface area contributed by atoms with Crippen molar-refractivity contribution < 1.29 is 4.79 Å². The van der Waals surface area contributed by atoms with Gasteiger partial charge in [-0.2, -0.15) is 0 Å². The Hall–Kier alpha value is -1.00. The fourth-order valence-corrected chi connectivity index (χ4v) is 2.30. The van der Waals surface area contributed by atoms with Crippen LogP contribution >= 0.6 is 11.8 Å². The molecule has 1 aromatic rings. The highest BCUT2D eigenvalue weighted by molar-refractivity contribution is 8.00. The van der Waals surface area contributed by atoms with Gasteiger partial charge in [0.05, 0.1) is 5.75 Å². The number of hydrogen-bond acceptors (Lipinski definition) is 3. The molecule has 0 spiro atoms. The van der Waals surface area contributed by atoms with Crippen molar-refractivity contribution in [3.05, 3.63) is 29.8 Å². The molecule has 0 saturated heterocycles. The smallest absolute Gasteiger partial charge is 0.230 e. The Labute approximate surface area is 114 Å². The summed E-state index contributed by atoms with van der Waals surface area (Å²) in [5.74, 6) is 0.589. The minimum Gasteiger partial charge on any atom is -0.355 e. The monoisotopic (exact) mass is 266 g/mol. The van der Waals surface area contributed by atoms with E-state index in [2.05, 4.69) is 36.6 Å². The van der Waals surface area contributed by atoms with Crippen molar-refractivity contribution in [1.82, 2.24) is 10.6 Å². The van der Waals surface area contributed by atoms with Crippen LogP contribution in [0.2, 0.25) is 0 Å². The maximum atomic E-state index is 11.5. The van der Waals surface area contributed by atoms with Gasteiger partial charge in [-0.25, -0.2) is 0 Å². The van der Waals surface area contributed by atoms with Crippen LogP contribution in [0.15, 0.2) is 29.2 Å². The summed E-state index contributed by atoms with van der Waals surface area (Å²) in [5, 5.41) is 6.09. The summed E-state index contributed by atoms with van der Waals surface area (Å²) in [4.78, 5) is 12.6. The topological polar surface area (TPSA) is 41.1 Å². The number of carbonyl (C=O) groups excluding carboxylic acids is 1. The Balaban J connectivity index is 2.49. The number of nitrogens with one attached hydrogen (secondary N) is 2. The first-order valence-electron chi connectivity index (χ1n) is 6.34. The first-order valence-corrected chi connectivity index (χ1v) is 7.32. The fraction of sp³-hybridized carbons (Fsp3) is 0.500. The van der Waals surface area contributed by atoms with Crippen molar-refractivity contribution in [2.24, 2.45) is 0 Å². The molecule has 0 bridgehead atoms. The molecule has 0 aromatic heterocycles. The van der Waals surface area contributed by atoms with Crippen molar-refractivity contribution in [3.63, 3.8) is 0 Å². The van der Waals surface area contributed by atoms with Crippen LogP contribution in [0.25, 0.3) is 0 Å². The van der Waals surface area contributed by atoms with Crippen molar-refractivity contribution in [1.29, 1.82) is 0 Å². The van der Waals surface area contributed by atoms with Crippen molar-refractivity contribution in [3.8, 4) is 0 Å². The number of carbonyl (C=O) groups is 1. The average molecular weight is 266 g/mol. The Morgan fingerprint density at radius 1 is 1.44 bits per heavy atom. The lowest BCUT2D eigenvalue weighted by Crippen LogP contribution is -2.25. The number of rotatable bonds is 7. The minimum absolute atomic E-state index is 0.105. The average Bonchev–Trinajstić information content (AvgIpc) is 2.42. The van der Waals surface area contributed by atoms with Gasteiger partial charge in [-0.05, 0) is 38.1 Å². The zero-order valence-corrected chi connectivity index (χ0v) is 12.1. The summed E-state index contributed by atoms with van der Waals surface area (Å²) in [6.07, 6.45) is 0.978. The highest BCUT2D eigenvalue weighted by Gasteiger charge is 2.05. The molecule has 1 rings (SSSR count). The molecule has 0 aliphatic carbocycles. The maximum absolute atomic E-state index is 11.5. The third-order valence-corrected chi connectivity index (χ3v) is 3.73. The summed E-state index contributed by atoms with van der Waals surface area (Å²) < 4.78 is 0. The first kappa shape index (κ1) is 15.1. The fourth-order valence-electron chi connectivity index (χ4n) is 1.50. The van der Waals surface area contributed by atoms with Crippen LogP contribution in [0.5, 0.6) is 0 Å². The van der Waals surface area contributed by atoms with E-state index < -0.39 is 0 Å². The predicted octanol–water partition coefficient (Wildman–Crippen LogP) is 2.59. The molecule has 1 amide bonds. The molecule has 3 nitrogen and oxygen atoms in total. The lowest BCUT2D eigenvalue weighted by atomic mass is 10.1. The Bertz CT molecular complexity index is 382. The Morgan fingerprint density at radius 2 is 2.22 bits per heavy atom. The SMILES string of the molecule is CCCNC(=O)CSc1cccc(C(C)NC)c1. The molecule has 18 heavy (non-hydrogen) atoms. The molecular formula is C14H22N2OS. The van der Waals surface area contributed by atoms with E-state index >= 15 is 0 Å². The molecule has 1 unspecified atom stereocenters. The quantitative estimate of drug-likeness (QED) is 0.745. The van der Waals surface area contributed by atoms with E-state index in [9.17, 15) is 4.79 Å². The zero-order valence-electron chi connectivity index (χ0n) is 11.3. The second-order valence-corrected chi connectivity index (χ2v) is 5.27. The highest BCUT2D eigenvalue weighted by Crippen LogP contribution is 2.22. The summed E-state index contributed by atoms with van der Waals surface area (Å²) >= 11 is 1.58. The lowest BCUT2D eigenvalue weighted by molar-refractivity contribution is -0.118. The summed E-state index contributed by atoms with van der Waals surface area (Å²) in [6, 6.07) is 8.65. The minimum atomic E-state index is 0.105. The molecule has 0 heterocycles. The van der Waals surface area contributed by atoms with E-state index in [0.29, 0.717) is 11.8 Å². The Morgan fingerprint density at radius 3 is 2.89 bits per heavy atom. The van der Waals surface area contributed by atoms with Gasteiger partial charge in [-0.3, -0.25) is 4.79 Å². The van der Waals surface area contributed by atoms with E-state index in [0.717, 1.165) is 17.9 Å². The van der Waals surface area contributed by atoms with Crippen LogP contribution < -0.4 is 10.6 Å². The lowest BCUT2D eigenvalue weighted by Gasteiger charge is -2.11. The van der Waals surface area contributed by atoms with Gasteiger partial charge in [0.25, 0.3) is 0 Å². The van der Waals surface area contributed by atoms with E-state index in [4.69, 9.17) is 0 Å². The van der Waals surface area contributed by atoms with Crippen LogP contribution in [-0.2, 0) is 4.79 Å². The van der Waals surface area contributed by atoms with Gasteiger partial charge in [0.2, 0.25) is 5.91 Å². The van der Waals surface area contributed by atoms with E-state index in [1.54, 1.807) is 11.8 Å². The standard InChI is InChI=1S/C14H22N2OS/c1-4-8-16-14(17)10-18-13-7-5-6-12(9-13)11(2)15-3/h5-7,9,11,15H,4,8,10H2,1-3H3,(H,16,17). The molecular weight excluding hydrogens is 244 g/mol. The van der Waals surface area contributed by atoms with Gasteiger partial charge in [0, 0.05) is 17.5 Å². The van der Waals surface area contributed by atoms with Gasteiger partial charge >= 0.3 is 0 Å². The van der Waals surface area contributed by atoms with Crippen LogP contribution in [0.3, 0.4) is 0 Å². The van der Waals surface area contributed by atoms with Crippen molar-refractivity contribution >= 4 is 17.7 Å². The Kier molecular flexibility index (Phi) is 6.83. The zero-order chi connectivity index (χ0) is 13.4. The molecule has 100 valence electrons. The van der Waals surface area contributed by atoms with E-state index in [1.165, 1.54) is 5.56 Å². The van der Waals surface area contributed by atoms with Crippen LogP contribution in [-0.4, -0.2) is 25.3 Å². The van der Waals surface area contributed by atoms with E-state index in [1.807, 2.05) is 19.2 Å². The summed E-state index contributed by atoms with van der Waals surface area (Å²) in [6.45, 7) is 4.93. The second-order valence-electron chi connectivity index (χ2n) is 4.22. The van der Waals surface area contributed by atoms with Gasteiger partial charge < -0.3 is 10.6 Å². The highest BCUT2D eigenvalue weighted by atomic mass is 32.2. The van der Waals surface area contributed by atoms with Gasteiger partial charge in [0.15, 0.2) is 0 Å². The van der Waals surface area contributed by atoms with Gasteiger partial charge in [-0.1, -0.05) is 19.1 Å². The largest absolute Gasteiger partial charge is 0.355 e. The van der Waals surface area contributed by atoms with Crippen molar-refractivity contribution in [2.45, 2.75) is 31.2 Å². The van der Waals surface area contributed by atoms with Gasteiger partial charge in [-0.15, -0.1) is 11.8 Å². The first-order chi connectivity index (χ1) is 8.67. The van der Waals surface area contributed by atoms with Gasteiger partial charge in [0.1, 0.15) is 0 Å². The molecule has 0 aliphatic rings. The summed E-state index contributed by atoms with van der Waals surface area (Å²) in [5.41, 5.74) is 1.25. The third kappa shape index (κ3) is 5.10. The molecule has 2 N–H and O–H groups in total. The maximum Gasteiger partial charge on any atom is 0.230 e. The predicted molar refractivity (Wildman–Crippen MR) is 77.9 cm³/mol. The normalized spacial score (nSPS) is 12.2. The molecule has 4 heteroatoms. The molecule has 1 aromatic carbocycles. The molecule has 0 fully saturated rings. The van der Waals surface area contributed by atoms with E-state index in [-0.39, 0.29) is 5.91 Å².